The molecule has 0 saturated carbocycles. The molecule has 0 aromatic heterocycles. The lowest BCUT2D eigenvalue weighted by Gasteiger charge is -2.24. The number of anilines is 1. The van der Waals surface area contributed by atoms with E-state index in [0.29, 0.717) is 0 Å². The van der Waals surface area contributed by atoms with Crippen LogP contribution < -0.4 is 10.2 Å². The van der Waals surface area contributed by atoms with Crippen LogP contribution in [0.15, 0.2) is 24.3 Å². The lowest BCUT2D eigenvalue weighted by molar-refractivity contribution is 0.0766. The molecule has 0 atom stereocenters. The molecule has 1 aromatic rings. The smallest absolute Gasteiger partial charge is 0.253 e. The van der Waals surface area contributed by atoms with Crippen molar-refractivity contribution in [3.8, 4) is 0 Å². The second kappa shape index (κ2) is 12.4. The van der Waals surface area contributed by atoms with Crippen molar-refractivity contribution >= 4 is 36.4 Å². The number of nitrogens with zero attached hydrogens (tertiary/aromatic N) is 2. The van der Waals surface area contributed by atoms with Crippen LogP contribution in [-0.2, 0) is 0 Å². The first kappa shape index (κ1) is 23.0. The molecule has 0 unspecified atom stereocenters. The number of rotatable bonds is 6. The van der Waals surface area contributed by atoms with Crippen LogP contribution in [0.3, 0.4) is 0 Å². The molecular weight excluding hydrogens is 345 g/mol. The normalized spacial score (nSPS) is 14.2. The summed E-state index contributed by atoms with van der Waals surface area (Å²) in [5.74, 6) is 0.159. The van der Waals surface area contributed by atoms with Crippen LogP contribution in [0, 0.1) is 0 Å². The number of unbranched alkanes of at least 4 members (excludes halogenated alkanes) is 1. The van der Waals surface area contributed by atoms with E-state index in [9.17, 15) is 4.79 Å². The average Bonchev–Trinajstić information content (AvgIpc) is 2.85. The summed E-state index contributed by atoms with van der Waals surface area (Å²) >= 11 is 0. The second-order valence-electron chi connectivity index (χ2n) is 5.88. The van der Waals surface area contributed by atoms with Crippen molar-refractivity contribution in [3.63, 3.8) is 0 Å². The molecule has 6 heteroatoms. The molecule has 1 aliphatic rings. The van der Waals surface area contributed by atoms with E-state index in [1.54, 1.807) is 0 Å². The van der Waals surface area contributed by atoms with Gasteiger partial charge in [-0.25, -0.2) is 0 Å². The highest BCUT2D eigenvalue weighted by Crippen LogP contribution is 2.17. The first-order valence-corrected chi connectivity index (χ1v) is 8.61. The zero-order chi connectivity index (χ0) is 15.8. The first-order valence-electron chi connectivity index (χ1n) is 8.61. The molecule has 24 heavy (non-hydrogen) atoms. The zero-order valence-electron chi connectivity index (χ0n) is 14.8. The highest BCUT2D eigenvalue weighted by atomic mass is 35.5. The Morgan fingerprint density at radius 1 is 1.12 bits per heavy atom. The molecule has 1 N–H and O–H groups in total. The molecule has 1 heterocycles. The highest BCUT2D eigenvalue weighted by molar-refractivity contribution is 5.94. The fourth-order valence-electron chi connectivity index (χ4n) is 2.86. The Balaban J connectivity index is 0.00000264. The molecule has 0 bridgehead atoms. The number of hydrogen-bond acceptors (Lipinski definition) is 3. The van der Waals surface area contributed by atoms with Crippen molar-refractivity contribution in [3.05, 3.63) is 29.8 Å². The van der Waals surface area contributed by atoms with Crippen LogP contribution >= 0.6 is 24.8 Å². The van der Waals surface area contributed by atoms with Gasteiger partial charge in [0.15, 0.2) is 0 Å². The van der Waals surface area contributed by atoms with Crippen LogP contribution in [0.4, 0.5) is 5.69 Å². The molecule has 1 amide bonds. The molecule has 1 saturated heterocycles. The lowest BCUT2D eigenvalue weighted by atomic mass is 10.1. The third-order valence-corrected chi connectivity index (χ3v) is 4.27. The van der Waals surface area contributed by atoms with E-state index in [0.717, 1.165) is 51.3 Å². The van der Waals surface area contributed by atoms with Crippen molar-refractivity contribution < 1.29 is 4.79 Å². The maximum Gasteiger partial charge on any atom is 0.253 e. The zero-order valence-corrected chi connectivity index (χ0v) is 16.4. The van der Waals surface area contributed by atoms with Gasteiger partial charge in [0.25, 0.3) is 5.91 Å². The molecule has 1 aromatic carbocycles. The van der Waals surface area contributed by atoms with Crippen LogP contribution in [0.5, 0.6) is 0 Å². The predicted octanol–water partition coefficient (Wildman–Crippen LogP) is 3.59. The van der Waals surface area contributed by atoms with Gasteiger partial charge in [0.2, 0.25) is 0 Å². The molecule has 0 radical (unpaired) electrons. The Morgan fingerprint density at radius 2 is 1.83 bits per heavy atom. The number of carbonyl (C=O) groups is 1. The van der Waals surface area contributed by atoms with E-state index in [1.807, 2.05) is 17.0 Å². The molecule has 4 nitrogen and oxygen atoms in total. The largest absolute Gasteiger partial charge is 0.372 e. The minimum absolute atomic E-state index is 0. The van der Waals surface area contributed by atoms with Gasteiger partial charge in [-0.1, -0.05) is 13.3 Å². The third-order valence-electron chi connectivity index (χ3n) is 4.27. The Hall–Kier alpha value is -0.970. The van der Waals surface area contributed by atoms with Crippen molar-refractivity contribution in [2.75, 3.05) is 44.2 Å². The van der Waals surface area contributed by atoms with Gasteiger partial charge in [-0.05, 0) is 50.6 Å². The maximum atomic E-state index is 12.6. The molecule has 1 aliphatic heterocycles. The summed E-state index contributed by atoms with van der Waals surface area (Å²) in [6, 6.07) is 8.13. The summed E-state index contributed by atoms with van der Waals surface area (Å²) in [6.07, 6.45) is 3.44. The van der Waals surface area contributed by atoms with Gasteiger partial charge in [0, 0.05) is 44.0 Å². The van der Waals surface area contributed by atoms with Crippen molar-refractivity contribution in [1.29, 1.82) is 0 Å². The lowest BCUT2D eigenvalue weighted by Crippen LogP contribution is -2.34. The number of halogens is 2. The quantitative estimate of drug-likeness (QED) is 0.824. The van der Waals surface area contributed by atoms with Crippen LogP contribution in [0.25, 0.3) is 0 Å². The summed E-state index contributed by atoms with van der Waals surface area (Å²) in [5.41, 5.74) is 2.02. The fraction of sp³-hybridized carbons (Fsp3) is 0.611. The molecule has 138 valence electrons. The Kier molecular flexibility index (Phi) is 11.9. The van der Waals surface area contributed by atoms with E-state index in [-0.39, 0.29) is 30.7 Å². The summed E-state index contributed by atoms with van der Waals surface area (Å²) in [7, 11) is 0. The molecule has 1 fully saturated rings. The number of benzene rings is 1. The van der Waals surface area contributed by atoms with Crippen molar-refractivity contribution in [2.24, 2.45) is 0 Å². The van der Waals surface area contributed by atoms with Crippen molar-refractivity contribution in [1.82, 2.24) is 10.2 Å². The minimum Gasteiger partial charge on any atom is -0.372 e. The Labute approximate surface area is 158 Å². The number of carbonyl (C=O) groups excluding carboxylic acids is 1. The Morgan fingerprint density at radius 3 is 2.46 bits per heavy atom. The van der Waals surface area contributed by atoms with E-state index in [4.69, 9.17) is 0 Å². The van der Waals surface area contributed by atoms with Gasteiger partial charge in [-0.3, -0.25) is 4.79 Å². The number of hydrogen-bond donors (Lipinski definition) is 1. The standard InChI is InChI=1S/C18H29N3O.2ClH/c1-3-5-13-20(4-2)17-9-7-16(8-10-17)18(22)21-14-6-11-19-12-15-21;;/h7-10,19H,3-6,11-15H2,1-2H3;2*1H. The van der Waals surface area contributed by atoms with E-state index in [2.05, 4.69) is 36.2 Å². The van der Waals surface area contributed by atoms with Gasteiger partial charge in [-0.15, -0.1) is 24.8 Å². The molecule has 0 aliphatic carbocycles. The van der Waals surface area contributed by atoms with E-state index in [1.165, 1.54) is 18.5 Å². The van der Waals surface area contributed by atoms with Gasteiger partial charge in [-0.2, -0.15) is 0 Å². The Bertz CT molecular complexity index is 460. The number of nitrogens with one attached hydrogen (secondary N) is 1. The minimum atomic E-state index is 0. The van der Waals surface area contributed by atoms with Gasteiger partial charge >= 0.3 is 0 Å². The first-order chi connectivity index (χ1) is 10.8. The molecule has 0 spiro atoms. The molecular formula is C18H31Cl2N3O. The SMILES string of the molecule is CCCCN(CC)c1ccc(C(=O)N2CCCNCC2)cc1.Cl.Cl. The van der Waals surface area contributed by atoms with Gasteiger partial charge in [0.1, 0.15) is 0 Å². The van der Waals surface area contributed by atoms with Crippen LogP contribution in [0.2, 0.25) is 0 Å². The highest BCUT2D eigenvalue weighted by Gasteiger charge is 2.17. The summed E-state index contributed by atoms with van der Waals surface area (Å²) in [4.78, 5) is 16.9. The van der Waals surface area contributed by atoms with E-state index < -0.39 is 0 Å². The topological polar surface area (TPSA) is 35.6 Å². The van der Waals surface area contributed by atoms with Crippen LogP contribution in [-0.4, -0.2) is 50.1 Å². The van der Waals surface area contributed by atoms with Crippen LogP contribution in [0.1, 0.15) is 43.5 Å². The van der Waals surface area contributed by atoms with Gasteiger partial charge in [0.05, 0.1) is 0 Å². The molecule has 2 rings (SSSR count). The average molecular weight is 376 g/mol. The summed E-state index contributed by atoms with van der Waals surface area (Å²) < 4.78 is 0. The summed E-state index contributed by atoms with van der Waals surface area (Å²) in [5, 5.41) is 3.33. The maximum absolute atomic E-state index is 12.6. The van der Waals surface area contributed by atoms with Gasteiger partial charge < -0.3 is 15.1 Å². The van der Waals surface area contributed by atoms with E-state index >= 15 is 0 Å². The second-order valence-corrected chi connectivity index (χ2v) is 5.88. The monoisotopic (exact) mass is 375 g/mol. The van der Waals surface area contributed by atoms with Crippen molar-refractivity contribution in [2.45, 2.75) is 33.1 Å². The third kappa shape index (κ3) is 6.50. The summed E-state index contributed by atoms with van der Waals surface area (Å²) in [6.45, 7) is 10.0. The predicted molar refractivity (Wildman–Crippen MR) is 107 cm³/mol. The number of amides is 1. The fourth-order valence-corrected chi connectivity index (χ4v) is 2.86.